The Bertz CT molecular complexity index is 520. The Kier molecular flexibility index (Phi) is 4.20. The van der Waals surface area contributed by atoms with Crippen LogP contribution in [-0.4, -0.2) is 21.3 Å². The second kappa shape index (κ2) is 5.87. The minimum absolute atomic E-state index is 0.0279. The van der Waals surface area contributed by atoms with Gasteiger partial charge in [-0.05, 0) is 25.0 Å². The van der Waals surface area contributed by atoms with Gasteiger partial charge in [-0.15, -0.1) is 0 Å². The van der Waals surface area contributed by atoms with Crippen molar-refractivity contribution in [1.29, 1.82) is 0 Å². The van der Waals surface area contributed by atoms with Crippen molar-refractivity contribution in [3.63, 3.8) is 0 Å². The van der Waals surface area contributed by atoms with Crippen LogP contribution in [0.1, 0.15) is 32.5 Å². The van der Waals surface area contributed by atoms with E-state index in [-0.39, 0.29) is 6.61 Å². The summed E-state index contributed by atoms with van der Waals surface area (Å²) >= 11 is 0. The first-order chi connectivity index (χ1) is 8.80. The zero-order valence-corrected chi connectivity index (χ0v) is 11.0. The highest BCUT2D eigenvalue weighted by Crippen LogP contribution is 2.22. The number of aliphatic hydroxyl groups excluding tert-OH is 1. The monoisotopic (exact) mass is 248 g/mol. The number of aryl methyl sites for hydroxylation is 1. The van der Waals surface area contributed by atoms with E-state index in [1.54, 1.807) is 0 Å². The van der Waals surface area contributed by atoms with Gasteiger partial charge in [-0.1, -0.05) is 13.8 Å². The predicted molar refractivity (Wildman–Crippen MR) is 71.7 cm³/mol. The number of ether oxygens (including phenoxy) is 1. The lowest BCUT2D eigenvalue weighted by Crippen LogP contribution is -2.02. The van der Waals surface area contributed by atoms with Gasteiger partial charge >= 0.3 is 0 Å². The van der Waals surface area contributed by atoms with Gasteiger partial charge in [0.05, 0.1) is 17.6 Å². The molecular weight excluding hydrogens is 228 g/mol. The van der Waals surface area contributed by atoms with Gasteiger partial charge < -0.3 is 14.4 Å². The van der Waals surface area contributed by atoms with Crippen molar-refractivity contribution >= 4 is 11.0 Å². The summed E-state index contributed by atoms with van der Waals surface area (Å²) in [4.78, 5) is 4.45. The minimum atomic E-state index is -0.0279. The molecule has 0 aliphatic rings. The summed E-state index contributed by atoms with van der Waals surface area (Å²) in [7, 11) is 0. The molecule has 98 valence electrons. The fourth-order valence-electron chi connectivity index (χ4n) is 2.06. The molecule has 0 spiro atoms. The Balaban J connectivity index is 2.38. The van der Waals surface area contributed by atoms with Crippen LogP contribution in [0.5, 0.6) is 5.75 Å². The lowest BCUT2D eigenvalue weighted by atomic mass is 10.3. The van der Waals surface area contributed by atoms with Crippen molar-refractivity contribution in [2.75, 3.05) is 6.61 Å². The fraction of sp³-hybridized carbons (Fsp3) is 0.500. The van der Waals surface area contributed by atoms with Crippen molar-refractivity contribution in [3.05, 3.63) is 24.0 Å². The van der Waals surface area contributed by atoms with E-state index in [4.69, 9.17) is 4.74 Å². The summed E-state index contributed by atoms with van der Waals surface area (Å²) < 4.78 is 7.66. The maximum Gasteiger partial charge on any atom is 0.135 e. The van der Waals surface area contributed by atoms with Crippen molar-refractivity contribution in [2.24, 2.45) is 0 Å². The Morgan fingerprint density at radius 3 is 2.78 bits per heavy atom. The maximum absolute atomic E-state index is 9.34. The molecule has 4 heteroatoms. The van der Waals surface area contributed by atoms with Crippen LogP contribution < -0.4 is 4.74 Å². The third kappa shape index (κ3) is 2.48. The van der Waals surface area contributed by atoms with Gasteiger partial charge in [0.2, 0.25) is 0 Å². The van der Waals surface area contributed by atoms with E-state index in [0.29, 0.717) is 6.61 Å². The van der Waals surface area contributed by atoms with Gasteiger partial charge in [0.1, 0.15) is 18.2 Å². The van der Waals surface area contributed by atoms with Gasteiger partial charge in [0.25, 0.3) is 0 Å². The lowest BCUT2D eigenvalue weighted by molar-refractivity contribution is 0.265. The second-order valence-electron chi connectivity index (χ2n) is 4.34. The van der Waals surface area contributed by atoms with Crippen molar-refractivity contribution in [3.8, 4) is 5.75 Å². The summed E-state index contributed by atoms with van der Waals surface area (Å²) in [6, 6.07) is 5.92. The summed E-state index contributed by atoms with van der Waals surface area (Å²) in [6.07, 6.45) is 2.01. The standard InChI is InChI=1S/C14H20N2O2/c1-3-7-16-13-6-5-11(18-8-4-2)9-12(13)15-14(16)10-17/h5-6,9,17H,3-4,7-8,10H2,1-2H3. The van der Waals surface area contributed by atoms with Gasteiger partial charge in [0.15, 0.2) is 0 Å². The summed E-state index contributed by atoms with van der Waals surface area (Å²) in [5, 5.41) is 9.34. The number of benzene rings is 1. The van der Waals surface area contributed by atoms with E-state index < -0.39 is 0 Å². The number of hydrogen-bond donors (Lipinski definition) is 1. The quantitative estimate of drug-likeness (QED) is 0.855. The molecule has 0 radical (unpaired) electrons. The zero-order valence-electron chi connectivity index (χ0n) is 11.0. The second-order valence-corrected chi connectivity index (χ2v) is 4.34. The molecule has 1 aromatic carbocycles. The van der Waals surface area contributed by atoms with Crippen molar-refractivity contribution < 1.29 is 9.84 Å². The summed E-state index contributed by atoms with van der Waals surface area (Å²) in [5.74, 6) is 1.56. The molecular formula is C14H20N2O2. The van der Waals surface area contributed by atoms with E-state index in [0.717, 1.165) is 42.0 Å². The number of aromatic nitrogens is 2. The highest BCUT2D eigenvalue weighted by molar-refractivity contribution is 5.77. The van der Waals surface area contributed by atoms with Crippen LogP contribution in [0.25, 0.3) is 11.0 Å². The number of aliphatic hydroxyl groups is 1. The highest BCUT2D eigenvalue weighted by atomic mass is 16.5. The zero-order chi connectivity index (χ0) is 13.0. The Hall–Kier alpha value is -1.55. The van der Waals surface area contributed by atoms with Gasteiger partial charge in [-0.2, -0.15) is 0 Å². The number of imidazole rings is 1. The third-order valence-corrected chi connectivity index (χ3v) is 2.86. The molecule has 0 fully saturated rings. The molecule has 1 heterocycles. The SMILES string of the molecule is CCCOc1ccc2c(c1)nc(CO)n2CCC. The molecule has 0 unspecified atom stereocenters. The average Bonchev–Trinajstić information content (AvgIpc) is 2.74. The van der Waals surface area contributed by atoms with Crippen LogP contribution >= 0.6 is 0 Å². The molecule has 4 nitrogen and oxygen atoms in total. The van der Waals surface area contributed by atoms with Crippen molar-refractivity contribution in [2.45, 2.75) is 39.8 Å². The number of fused-ring (bicyclic) bond motifs is 1. The largest absolute Gasteiger partial charge is 0.494 e. The normalized spacial score (nSPS) is 11.1. The Morgan fingerprint density at radius 2 is 2.11 bits per heavy atom. The predicted octanol–water partition coefficient (Wildman–Crippen LogP) is 2.73. The van der Waals surface area contributed by atoms with Crippen LogP contribution in [0.2, 0.25) is 0 Å². The highest BCUT2D eigenvalue weighted by Gasteiger charge is 2.09. The molecule has 1 aromatic heterocycles. The van der Waals surface area contributed by atoms with E-state index in [2.05, 4.69) is 23.4 Å². The summed E-state index contributed by atoms with van der Waals surface area (Å²) in [6.45, 7) is 5.76. The molecule has 18 heavy (non-hydrogen) atoms. The van der Waals surface area contributed by atoms with Crippen LogP contribution in [-0.2, 0) is 13.2 Å². The molecule has 0 atom stereocenters. The van der Waals surface area contributed by atoms with Gasteiger partial charge in [-0.3, -0.25) is 0 Å². The average molecular weight is 248 g/mol. The molecule has 0 saturated carbocycles. The minimum Gasteiger partial charge on any atom is -0.494 e. The first-order valence-electron chi connectivity index (χ1n) is 6.53. The topological polar surface area (TPSA) is 47.3 Å². The van der Waals surface area contributed by atoms with E-state index >= 15 is 0 Å². The molecule has 0 saturated heterocycles. The summed E-state index contributed by atoms with van der Waals surface area (Å²) in [5.41, 5.74) is 1.95. The molecule has 2 aromatic rings. The van der Waals surface area contributed by atoms with Crippen LogP contribution in [0, 0.1) is 0 Å². The number of hydrogen-bond acceptors (Lipinski definition) is 3. The first kappa shape index (κ1) is 12.9. The molecule has 0 aliphatic carbocycles. The Morgan fingerprint density at radius 1 is 1.28 bits per heavy atom. The number of rotatable bonds is 6. The van der Waals surface area contributed by atoms with Crippen LogP contribution in [0.4, 0.5) is 0 Å². The number of nitrogens with zero attached hydrogens (tertiary/aromatic N) is 2. The van der Waals surface area contributed by atoms with Crippen LogP contribution in [0.15, 0.2) is 18.2 Å². The van der Waals surface area contributed by atoms with Crippen LogP contribution in [0.3, 0.4) is 0 Å². The van der Waals surface area contributed by atoms with E-state index in [9.17, 15) is 5.11 Å². The molecule has 0 bridgehead atoms. The maximum atomic E-state index is 9.34. The molecule has 0 aliphatic heterocycles. The van der Waals surface area contributed by atoms with E-state index in [1.165, 1.54) is 0 Å². The molecule has 2 rings (SSSR count). The van der Waals surface area contributed by atoms with Crippen molar-refractivity contribution in [1.82, 2.24) is 9.55 Å². The van der Waals surface area contributed by atoms with Gasteiger partial charge in [-0.25, -0.2) is 4.98 Å². The first-order valence-corrected chi connectivity index (χ1v) is 6.53. The lowest BCUT2D eigenvalue weighted by Gasteiger charge is -2.06. The molecule has 0 amide bonds. The molecule has 1 N–H and O–H groups in total. The fourth-order valence-corrected chi connectivity index (χ4v) is 2.06. The van der Waals surface area contributed by atoms with Gasteiger partial charge in [0, 0.05) is 12.6 Å². The van der Waals surface area contributed by atoms with E-state index in [1.807, 2.05) is 18.2 Å². The third-order valence-electron chi connectivity index (χ3n) is 2.86. The smallest absolute Gasteiger partial charge is 0.135 e. The Labute approximate surface area is 107 Å².